The zero-order chi connectivity index (χ0) is 12.6. The number of hydrogen-bond donors (Lipinski definition) is 0. The Morgan fingerprint density at radius 2 is 1.88 bits per heavy atom. The zero-order valence-corrected chi connectivity index (χ0v) is 12.8. The van der Waals surface area contributed by atoms with Gasteiger partial charge in [0.15, 0.2) is 0 Å². The first-order chi connectivity index (χ1) is 7.51. The van der Waals surface area contributed by atoms with Crippen molar-refractivity contribution in [1.82, 2.24) is 0 Å². The molecule has 0 heterocycles. The molecule has 0 aromatic heterocycles. The molecule has 0 unspecified atom stereocenters. The van der Waals surface area contributed by atoms with Crippen molar-refractivity contribution in [1.29, 1.82) is 0 Å². The van der Waals surface area contributed by atoms with Crippen LogP contribution in [-0.2, 0) is 16.1 Å². The molecule has 0 saturated carbocycles. The number of ketones is 1. The van der Waals surface area contributed by atoms with Crippen molar-refractivity contribution < 1.29 is 16.1 Å². The van der Waals surface area contributed by atoms with Gasteiger partial charge in [-0.3, -0.25) is 0 Å². The number of rotatable bonds is 9. The van der Waals surface area contributed by atoms with Gasteiger partial charge in [-0.1, -0.05) is 0 Å². The molecule has 0 fully saturated rings. The van der Waals surface area contributed by atoms with Gasteiger partial charge >= 0.3 is 101 Å². The fourth-order valence-electron chi connectivity index (χ4n) is 1.17. The topological polar surface area (TPSA) is 44.8 Å². The predicted molar refractivity (Wildman–Crippen MR) is 65.3 cm³/mol. The third kappa shape index (κ3) is 5.25. The molecule has 0 aliphatic heterocycles. The first kappa shape index (κ1) is 15.8. The number of carbonyl (C=O) groups excluding carboxylic acids is 1. The van der Waals surface area contributed by atoms with Gasteiger partial charge in [0.25, 0.3) is 0 Å². The van der Waals surface area contributed by atoms with Crippen LogP contribution in [0.4, 0.5) is 0 Å². The molecule has 94 valence electrons. The molecule has 0 aliphatic carbocycles. The standard InChI is InChI=1S/C11H22GeO4/c1-6-7-8-12(14-4,15-5)16-9-11(13)10(2)3/h2,6-9H2,1,3-5H3. The molecule has 0 aromatic rings. The first-order valence-corrected chi connectivity index (χ1v) is 9.49. The number of carbonyl (C=O) groups is 1. The molecule has 0 aliphatic rings. The third-order valence-electron chi connectivity index (χ3n) is 2.36. The summed E-state index contributed by atoms with van der Waals surface area (Å²) in [4.78, 5) is 11.4. The molecule has 0 bridgehead atoms. The molecule has 0 N–H and O–H groups in total. The summed E-state index contributed by atoms with van der Waals surface area (Å²) < 4.78 is 16.3. The molecular weight excluding hydrogens is 269 g/mol. The van der Waals surface area contributed by atoms with Gasteiger partial charge in [0.05, 0.1) is 0 Å². The van der Waals surface area contributed by atoms with Crippen LogP contribution < -0.4 is 0 Å². The minimum atomic E-state index is -3.17. The monoisotopic (exact) mass is 292 g/mol. The van der Waals surface area contributed by atoms with E-state index in [1.807, 2.05) is 0 Å². The summed E-state index contributed by atoms with van der Waals surface area (Å²) >= 11 is -3.17. The van der Waals surface area contributed by atoms with Crippen molar-refractivity contribution in [3.8, 4) is 0 Å². The molecule has 0 aromatic carbocycles. The predicted octanol–water partition coefficient (Wildman–Crippen LogP) is 2.18. The molecule has 5 heteroatoms. The summed E-state index contributed by atoms with van der Waals surface area (Å²) in [5, 5.41) is 0.785. The van der Waals surface area contributed by atoms with Crippen LogP contribution >= 0.6 is 0 Å². The molecule has 4 nitrogen and oxygen atoms in total. The van der Waals surface area contributed by atoms with Gasteiger partial charge in [-0.2, -0.15) is 0 Å². The molecule has 0 radical (unpaired) electrons. The Morgan fingerprint density at radius 3 is 2.25 bits per heavy atom. The number of unbranched alkanes of at least 4 members (excludes halogenated alkanes) is 1. The van der Waals surface area contributed by atoms with E-state index in [1.54, 1.807) is 21.1 Å². The van der Waals surface area contributed by atoms with Crippen LogP contribution in [0, 0.1) is 0 Å². The summed E-state index contributed by atoms with van der Waals surface area (Å²) in [5.41, 5.74) is 0.499. The van der Waals surface area contributed by atoms with E-state index in [4.69, 9.17) is 11.3 Å². The van der Waals surface area contributed by atoms with Gasteiger partial charge in [0.1, 0.15) is 0 Å². The quantitative estimate of drug-likeness (QED) is 0.482. The Labute approximate surface area is 101 Å². The van der Waals surface area contributed by atoms with Crippen molar-refractivity contribution in [2.75, 3.05) is 20.8 Å². The Morgan fingerprint density at radius 1 is 1.31 bits per heavy atom. The molecule has 0 spiro atoms. The maximum absolute atomic E-state index is 11.4. The minimum absolute atomic E-state index is 0.0146. The molecule has 0 saturated heterocycles. The molecule has 0 atom stereocenters. The van der Waals surface area contributed by atoms with Gasteiger partial charge in [-0.25, -0.2) is 0 Å². The van der Waals surface area contributed by atoms with Crippen molar-refractivity contribution in [3.63, 3.8) is 0 Å². The maximum atomic E-state index is 11.4. The average Bonchev–Trinajstić information content (AvgIpc) is 2.29. The third-order valence-corrected chi connectivity index (χ3v) is 8.22. The summed E-state index contributed by atoms with van der Waals surface area (Å²) in [6.45, 7) is 7.36. The SMILES string of the molecule is C=C(C)C(=O)C[O][Ge]([CH2]CCC)([O]C)[O]C. The second-order valence-corrected chi connectivity index (χ2v) is 9.92. The van der Waals surface area contributed by atoms with E-state index in [1.165, 1.54) is 0 Å². The summed E-state index contributed by atoms with van der Waals surface area (Å²) in [6, 6.07) is 0. The van der Waals surface area contributed by atoms with Crippen LogP contribution in [0.5, 0.6) is 0 Å². The van der Waals surface area contributed by atoms with E-state index in [0.717, 1.165) is 18.1 Å². The van der Waals surface area contributed by atoms with Crippen molar-refractivity contribution >= 4 is 20.1 Å². The van der Waals surface area contributed by atoms with Gasteiger partial charge < -0.3 is 0 Å². The first-order valence-electron chi connectivity index (χ1n) is 5.44. The van der Waals surface area contributed by atoms with Crippen LogP contribution in [0.1, 0.15) is 26.7 Å². The van der Waals surface area contributed by atoms with Crippen molar-refractivity contribution in [2.24, 2.45) is 0 Å². The number of hydrogen-bond acceptors (Lipinski definition) is 4. The van der Waals surface area contributed by atoms with Gasteiger partial charge in [0, 0.05) is 0 Å². The van der Waals surface area contributed by atoms with Crippen LogP contribution in [0.2, 0.25) is 5.25 Å². The van der Waals surface area contributed by atoms with Crippen LogP contribution in [-0.4, -0.2) is 40.9 Å². The number of Topliss-reactive ketones (excluding diaryl/α,β-unsaturated/α-hetero) is 1. The Balaban J connectivity index is 4.31. The Kier molecular flexibility index (Phi) is 7.92. The summed E-state index contributed by atoms with van der Waals surface area (Å²) in [6.07, 6.45) is 2.04. The Hall–Kier alpha value is -0.167. The van der Waals surface area contributed by atoms with Gasteiger partial charge in [-0.15, -0.1) is 0 Å². The fraction of sp³-hybridized carbons (Fsp3) is 0.727. The molecule has 16 heavy (non-hydrogen) atoms. The van der Waals surface area contributed by atoms with E-state index >= 15 is 0 Å². The van der Waals surface area contributed by atoms with Crippen LogP contribution in [0.15, 0.2) is 12.2 Å². The van der Waals surface area contributed by atoms with E-state index in [9.17, 15) is 4.79 Å². The van der Waals surface area contributed by atoms with E-state index in [2.05, 4.69) is 13.5 Å². The van der Waals surface area contributed by atoms with Gasteiger partial charge in [0.2, 0.25) is 0 Å². The van der Waals surface area contributed by atoms with Gasteiger partial charge in [-0.05, 0) is 0 Å². The van der Waals surface area contributed by atoms with Crippen molar-refractivity contribution in [3.05, 3.63) is 12.2 Å². The molecule has 0 amide bonds. The normalized spacial score (nSPS) is 11.5. The summed E-state index contributed by atoms with van der Waals surface area (Å²) in [5.74, 6) is -0.0967. The molecule has 0 rings (SSSR count). The Bertz CT molecular complexity index is 236. The molecular formula is C11H22GeO4. The summed E-state index contributed by atoms with van der Waals surface area (Å²) in [7, 11) is 3.18. The van der Waals surface area contributed by atoms with Crippen LogP contribution in [0.3, 0.4) is 0 Å². The zero-order valence-electron chi connectivity index (χ0n) is 10.7. The van der Waals surface area contributed by atoms with E-state index in [0.29, 0.717) is 5.57 Å². The second-order valence-electron chi connectivity index (χ2n) is 3.69. The second kappa shape index (κ2) is 8.00. The fourth-order valence-corrected chi connectivity index (χ4v) is 5.56. The van der Waals surface area contributed by atoms with Crippen LogP contribution in [0.25, 0.3) is 0 Å². The van der Waals surface area contributed by atoms with Crippen molar-refractivity contribution in [2.45, 2.75) is 31.9 Å². The van der Waals surface area contributed by atoms with E-state index < -0.39 is 14.3 Å². The average molecular weight is 291 g/mol. The van der Waals surface area contributed by atoms with E-state index in [-0.39, 0.29) is 12.4 Å².